The number of nitriles is 1. The summed E-state index contributed by atoms with van der Waals surface area (Å²) in [6.07, 6.45) is 1.65. The number of carbonyl (C=O) groups is 1. The van der Waals surface area contributed by atoms with Gasteiger partial charge in [-0.05, 0) is 29.8 Å². The summed E-state index contributed by atoms with van der Waals surface area (Å²) >= 11 is 0. The molecule has 2 heterocycles. The molecule has 2 aliphatic heterocycles. The fourth-order valence-electron chi connectivity index (χ4n) is 4.02. The molecule has 0 bridgehead atoms. The van der Waals surface area contributed by atoms with Crippen molar-refractivity contribution in [3.05, 3.63) is 53.6 Å². The highest BCUT2D eigenvalue weighted by Gasteiger charge is 2.34. The second-order valence-electron chi connectivity index (χ2n) is 7.26. The van der Waals surface area contributed by atoms with Gasteiger partial charge in [0.25, 0.3) is 0 Å². The molecular weight excluding hydrogens is 382 g/mol. The van der Waals surface area contributed by atoms with E-state index in [-0.39, 0.29) is 18.1 Å². The minimum atomic E-state index is -0.450. The molecule has 1 fully saturated rings. The number of rotatable bonds is 5. The topological polar surface area (TPSA) is 92.6 Å². The molecule has 0 spiro atoms. The molecule has 30 heavy (non-hydrogen) atoms. The van der Waals surface area contributed by atoms with Crippen LogP contribution in [0.3, 0.4) is 0 Å². The Balaban J connectivity index is 1.71. The number of anilines is 1. The summed E-state index contributed by atoms with van der Waals surface area (Å²) in [7, 11) is 3.01. The number of methoxy groups -OCH3 is 2. The lowest BCUT2D eigenvalue weighted by Gasteiger charge is -2.32. The van der Waals surface area contributed by atoms with Crippen LogP contribution in [0.15, 0.2) is 36.9 Å². The lowest BCUT2D eigenvalue weighted by molar-refractivity contribution is -0.143. The monoisotopic (exact) mass is 405 g/mol. The molecule has 154 valence electrons. The number of ether oxygens (including phenoxy) is 3. The molecular formula is C23H23N3O4. The molecule has 4 rings (SSSR count). The van der Waals surface area contributed by atoms with Crippen molar-refractivity contribution in [1.29, 1.82) is 5.26 Å². The lowest BCUT2D eigenvalue weighted by Crippen LogP contribution is -2.31. The fraction of sp³-hybridized carbons (Fsp3) is 0.304. The first-order chi connectivity index (χ1) is 14.6. The van der Waals surface area contributed by atoms with Crippen LogP contribution < -0.4 is 15.4 Å². The van der Waals surface area contributed by atoms with E-state index in [1.54, 1.807) is 19.3 Å². The van der Waals surface area contributed by atoms with Gasteiger partial charge < -0.3 is 24.8 Å². The second-order valence-corrected chi connectivity index (χ2v) is 7.26. The summed E-state index contributed by atoms with van der Waals surface area (Å²) < 4.78 is 16.7. The van der Waals surface area contributed by atoms with Gasteiger partial charge in [-0.1, -0.05) is 18.7 Å². The minimum Gasteiger partial charge on any atom is -0.496 e. The minimum absolute atomic E-state index is 0.172. The first-order valence-electron chi connectivity index (χ1n) is 9.70. The molecule has 0 radical (unpaired) electrons. The van der Waals surface area contributed by atoms with Crippen molar-refractivity contribution in [3.8, 4) is 22.9 Å². The highest BCUT2D eigenvalue weighted by atomic mass is 16.5. The highest BCUT2D eigenvalue weighted by Crippen LogP contribution is 2.44. The molecule has 7 nitrogen and oxygen atoms in total. The van der Waals surface area contributed by atoms with Crippen LogP contribution >= 0.6 is 0 Å². The normalized spacial score (nSPS) is 21.6. The number of nitrogens with zero attached hydrogens (tertiary/aromatic N) is 1. The maximum absolute atomic E-state index is 11.8. The SMILES string of the molecule is C=Cc1cc2c(cc1OC)-c1ccc(C#N)cc1NC2O[C@H]1CN[C@H](C(=O)OC)C1. The Kier molecular flexibility index (Phi) is 5.44. The smallest absolute Gasteiger partial charge is 0.322 e. The zero-order valence-corrected chi connectivity index (χ0v) is 16.9. The number of benzene rings is 2. The number of hydrogen-bond acceptors (Lipinski definition) is 7. The number of fused-ring (bicyclic) bond motifs is 3. The van der Waals surface area contributed by atoms with Gasteiger partial charge in [0, 0.05) is 35.3 Å². The Bertz CT molecular complexity index is 1040. The molecule has 2 N–H and O–H groups in total. The zero-order chi connectivity index (χ0) is 21.3. The first-order valence-corrected chi connectivity index (χ1v) is 9.70. The van der Waals surface area contributed by atoms with Crippen LogP contribution in [0.5, 0.6) is 5.75 Å². The zero-order valence-electron chi connectivity index (χ0n) is 16.9. The first kappa shape index (κ1) is 20.0. The summed E-state index contributed by atoms with van der Waals surface area (Å²) in [4.78, 5) is 11.8. The van der Waals surface area contributed by atoms with Crippen molar-refractivity contribution in [2.45, 2.75) is 24.8 Å². The molecule has 0 amide bonds. The third-order valence-electron chi connectivity index (χ3n) is 5.53. The Labute approximate surface area is 175 Å². The van der Waals surface area contributed by atoms with Crippen LogP contribution in [-0.4, -0.2) is 38.9 Å². The van der Waals surface area contributed by atoms with Crippen molar-refractivity contribution in [2.24, 2.45) is 0 Å². The predicted octanol–water partition coefficient (Wildman–Crippen LogP) is 3.22. The fourth-order valence-corrected chi connectivity index (χ4v) is 4.02. The molecule has 2 aromatic rings. The molecule has 2 aliphatic rings. The molecule has 0 aliphatic carbocycles. The molecule has 3 atom stereocenters. The van der Waals surface area contributed by atoms with E-state index in [4.69, 9.17) is 14.2 Å². The Morgan fingerprint density at radius 1 is 1.27 bits per heavy atom. The van der Waals surface area contributed by atoms with E-state index >= 15 is 0 Å². The van der Waals surface area contributed by atoms with Crippen LogP contribution in [0.25, 0.3) is 17.2 Å². The highest BCUT2D eigenvalue weighted by molar-refractivity contribution is 5.86. The van der Waals surface area contributed by atoms with E-state index in [1.807, 2.05) is 24.3 Å². The van der Waals surface area contributed by atoms with Crippen molar-refractivity contribution < 1.29 is 19.0 Å². The van der Waals surface area contributed by atoms with Crippen LogP contribution in [-0.2, 0) is 14.3 Å². The van der Waals surface area contributed by atoms with Crippen LogP contribution in [0, 0.1) is 11.3 Å². The van der Waals surface area contributed by atoms with E-state index < -0.39 is 6.23 Å². The third-order valence-corrected chi connectivity index (χ3v) is 5.53. The summed E-state index contributed by atoms with van der Waals surface area (Å²) in [6.45, 7) is 4.43. The summed E-state index contributed by atoms with van der Waals surface area (Å²) in [5, 5.41) is 15.8. The van der Waals surface area contributed by atoms with Gasteiger partial charge in [-0.15, -0.1) is 0 Å². The van der Waals surface area contributed by atoms with Crippen LogP contribution in [0.4, 0.5) is 5.69 Å². The van der Waals surface area contributed by atoms with Crippen LogP contribution in [0.2, 0.25) is 0 Å². The van der Waals surface area contributed by atoms with Gasteiger partial charge in [-0.2, -0.15) is 5.26 Å². The van der Waals surface area contributed by atoms with E-state index in [9.17, 15) is 10.1 Å². The van der Waals surface area contributed by atoms with Crippen molar-refractivity contribution in [3.63, 3.8) is 0 Å². The standard InChI is InChI=1S/C23H23N3O4/c1-4-14-8-18-17(10-21(14)28-2)16-6-5-13(11-24)7-19(16)26-22(18)30-15-9-20(25-12-15)23(27)29-3/h4-8,10,15,20,22,25-26H,1,9,12H2,2-3H3/t15-,20+,22?/m1/s1. The molecule has 0 saturated carbocycles. The van der Waals surface area contributed by atoms with Gasteiger partial charge in [0.2, 0.25) is 0 Å². The van der Waals surface area contributed by atoms with E-state index in [0.29, 0.717) is 24.3 Å². The third kappa shape index (κ3) is 3.52. The van der Waals surface area contributed by atoms with Crippen molar-refractivity contribution in [2.75, 3.05) is 26.1 Å². The number of esters is 1. The molecule has 7 heteroatoms. The van der Waals surface area contributed by atoms with Gasteiger partial charge in [0.05, 0.1) is 32.0 Å². The Morgan fingerprint density at radius 3 is 2.80 bits per heavy atom. The maximum Gasteiger partial charge on any atom is 0.322 e. The van der Waals surface area contributed by atoms with Gasteiger partial charge in [0.1, 0.15) is 11.8 Å². The maximum atomic E-state index is 11.8. The summed E-state index contributed by atoms with van der Waals surface area (Å²) in [5.74, 6) is 0.425. The van der Waals surface area contributed by atoms with Gasteiger partial charge in [-0.3, -0.25) is 4.79 Å². The lowest BCUT2D eigenvalue weighted by atomic mass is 9.90. The van der Waals surface area contributed by atoms with Crippen LogP contribution in [0.1, 0.15) is 29.3 Å². The Morgan fingerprint density at radius 2 is 2.10 bits per heavy atom. The van der Waals surface area contributed by atoms with Crippen molar-refractivity contribution in [1.82, 2.24) is 5.32 Å². The quantitative estimate of drug-likeness (QED) is 0.738. The Hall–Kier alpha value is -3.34. The number of carbonyl (C=O) groups excluding carboxylic acids is 1. The number of nitrogens with one attached hydrogen (secondary N) is 2. The predicted molar refractivity (Wildman–Crippen MR) is 113 cm³/mol. The average Bonchev–Trinajstić information content (AvgIpc) is 3.25. The molecule has 1 saturated heterocycles. The number of hydrogen-bond donors (Lipinski definition) is 2. The van der Waals surface area contributed by atoms with E-state index in [2.05, 4.69) is 23.3 Å². The van der Waals surface area contributed by atoms with E-state index in [1.165, 1.54) is 7.11 Å². The van der Waals surface area contributed by atoms with Gasteiger partial charge in [0.15, 0.2) is 6.23 Å². The molecule has 0 aromatic heterocycles. The van der Waals surface area contributed by atoms with Crippen molar-refractivity contribution >= 4 is 17.7 Å². The van der Waals surface area contributed by atoms with Gasteiger partial charge in [-0.25, -0.2) is 0 Å². The summed E-state index contributed by atoms with van der Waals surface area (Å²) in [6, 6.07) is 11.3. The average molecular weight is 405 g/mol. The summed E-state index contributed by atoms with van der Waals surface area (Å²) in [5.41, 5.74) is 5.12. The molecule has 1 unspecified atom stereocenters. The molecule has 2 aromatic carbocycles. The largest absolute Gasteiger partial charge is 0.496 e. The van der Waals surface area contributed by atoms with E-state index in [0.717, 1.165) is 27.9 Å². The van der Waals surface area contributed by atoms with Gasteiger partial charge >= 0.3 is 5.97 Å². The second kappa shape index (κ2) is 8.19.